The number of aromatic nitrogens is 2. The Bertz CT molecular complexity index is 440. The minimum absolute atomic E-state index is 0.0370. The van der Waals surface area contributed by atoms with Gasteiger partial charge in [0.05, 0.1) is 12.9 Å². The number of imidazole rings is 1. The number of hydrogen-bond donors (Lipinski definition) is 3. The summed E-state index contributed by atoms with van der Waals surface area (Å²) < 4.78 is 0. The van der Waals surface area contributed by atoms with Crippen LogP contribution >= 0.6 is 0 Å². The minimum Gasteiger partial charge on any atom is -0.480 e. The van der Waals surface area contributed by atoms with E-state index in [0.29, 0.717) is 39.1 Å². The number of urea groups is 1. The average molecular weight is 281 g/mol. The molecule has 3 N–H and O–H groups in total. The number of rotatable bonds is 5. The van der Waals surface area contributed by atoms with Gasteiger partial charge in [-0.25, -0.2) is 9.78 Å². The molecule has 0 unspecified atom stereocenters. The number of carboxylic acids is 1. The molecule has 2 rings (SSSR count). The number of nitrogens with zero attached hydrogens (tertiary/aromatic N) is 3. The van der Waals surface area contributed by atoms with E-state index < -0.39 is 5.97 Å². The van der Waals surface area contributed by atoms with E-state index in [-0.39, 0.29) is 12.6 Å². The molecule has 0 aromatic carbocycles. The molecule has 1 aliphatic rings. The van der Waals surface area contributed by atoms with Crippen molar-refractivity contribution in [2.24, 2.45) is 0 Å². The van der Waals surface area contributed by atoms with E-state index in [1.54, 1.807) is 17.4 Å². The molecule has 0 spiro atoms. The van der Waals surface area contributed by atoms with Gasteiger partial charge in [0.15, 0.2) is 0 Å². The number of piperazine rings is 1. The van der Waals surface area contributed by atoms with Crippen molar-refractivity contribution in [3.8, 4) is 0 Å². The number of carbonyl (C=O) groups excluding carboxylic acids is 1. The number of aromatic amines is 1. The Morgan fingerprint density at radius 2 is 2.10 bits per heavy atom. The van der Waals surface area contributed by atoms with Crippen LogP contribution in [0.15, 0.2) is 12.5 Å². The fraction of sp³-hybridized carbons (Fsp3) is 0.583. The van der Waals surface area contributed by atoms with E-state index in [1.165, 1.54) is 0 Å². The number of nitrogens with one attached hydrogen (secondary N) is 2. The fourth-order valence-corrected chi connectivity index (χ4v) is 2.14. The van der Waals surface area contributed by atoms with E-state index >= 15 is 0 Å². The zero-order valence-electron chi connectivity index (χ0n) is 11.2. The molecule has 1 saturated heterocycles. The predicted octanol–water partition coefficient (Wildman–Crippen LogP) is -0.636. The molecule has 0 bridgehead atoms. The Morgan fingerprint density at radius 3 is 2.70 bits per heavy atom. The lowest BCUT2D eigenvalue weighted by molar-refractivity contribution is -0.138. The highest BCUT2D eigenvalue weighted by molar-refractivity contribution is 5.74. The van der Waals surface area contributed by atoms with Crippen LogP contribution in [0.25, 0.3) is 0 Å². The lowest BCUT2D eigenvalue weighted by Gasteiger charge is -2.33. The minimum atomic E-state index is -0.831. The molecule has 20 heavy (non-hydrogen) atoms. The summed E-state index contributed by atoms with van der Waals surface area (Å²) in [4.78, 5) is 32.9. The Balaban J connectivity index is 1.65. The van der Waals surface area contributed by atoms with Gasteiger partial charge < -0.3 is 20.3 Å². The van der Waals surface area contributed by atoms with Gasteiger partial charge in [-0.3, -0.25) is 9.69 Å². The predicted molar refractivity (Wildman–Crippen MR) is 71.3 cm³/mol. The highest BCUT2D eigenvalue weighted by Crippen LogP contribution is 2.01. The summed E-state index contributed by atoms with van der Waals surface area (Å²) in [5.74, 6) is -0.831. The van der Waals surface area contributed by atoms with Gasteiger partial charge in [0.2, 0.25) is 0 Å². The third kappa shape index (κ3) is 4.23. The third-order valence-corrected chi connectivity index (χ3v) is 3.24. The van der Waals surface area contributed by atoms with Crippen molar-refractivity contribution in [2.75, 3.05) is 39.3 Å². The van der Waals surface area contributed by atoms with Crippen molar-refractivity contribution >= 4 is 12.0 Å². The molecule has 1 aromatic heterocycles. The van der Waals surface area contributed by atoms with Gasteiger partial charge in [-0.2, -0.15) is 0 Å². The number of aliphatic carboxylic acids is 1. The topological polar surface area (TPSA) is 102 Å². The van der Waals surface area contributed by atoms with Crippen LogP contribution in [0, 0.1) is 0 Å². The number of carbonyl (C=O) groups is 2. The number of hydrogen-bond acceptors (Lipinski definition) is 4. The van der Waals surface area contributed by atoms with Gasteiger partial charge in [-0.15, -0.1) is 0 Å². The summed E-state index contributed by atoms with van der Waals surface area (Å²) in [5.41, 5.74) is 0.983. The lowest BCUT2D eigenvalue weighted by Crippen LogP contribution is -2.52. The molecule has 1 fully saturated rings. The van der Waals surface area contributed by atoms with E-state index in [0.717, 1.165) is 5.69 Å². The molecule has 0 saturated carbocycles. The Kier molecular flexibility index (Phi) is 4.94. The summed E-state index contributed by atoms with van der Waals surface area (Å²) in [6, 6.07) is -0.0977. The zero-order valence-corrected chi connectivity index (χ0v) is 11.2. The van der Waals surface area contributed by atoms with E-state index in [1.807, 2.05) is 4.90 Å². The number of carboxylic acid groups (broad SMARTS) is 1. The molecule has 0 atom stereocenters. The second-order valence-corrected chi connectivity index (χ2v) is 4.72. The molecule has 0 radical (unpaired) electrons. The molecule has 2 amide bonds. The second-order valence-electron chi connectivity index (χ2n) is 4.72. The smallest absolute Gasteiger partial charge is 0.317 e. The van der Waals surface area contributed by atoms with Crippen molar-refractivity contribution < 1.29 is 14.7 Å². The SMILES string of the molecule is O=C(O)CN1CCN(C(=O)NCCc2cnc[nH]2)CC1. The first-order chi connectivity index (χ1) is 9.65. The summed E-state index contributed by atoms with van der Waals surface area (Å²) in [6.07, 6.45) is 4.06. The second kappa shape index (κ2) is 6.90. The number of H-pyrrole nitrogens is 1. The molecule has 1 aliphatic heterocycles. The van der Waals surface area contributed by atoms with Gasteiger partial charge in [0.25, 0.3) is 0 Å². The molecule has 8 nitrogen and oxygen atoms in total. The van der Waals surface area contributed by atoms with Crippen molar-refractivity contribution in [1.29, 1.82) is 0 Å². The van der Waals surface area contributed by atoms with Crippen LogP contribution in [-0.4, -0.2) is 76.1 Å². The summed E-state index contributed by atoms with van der Waals surface area (Å²) in [6.45, 7) is 2.90. The maximum Gasteiger partial charge on any atom is 0.317 e. The van der Waals surface area contributed by atoms with Crippen LogP contribution in [0.4, 0.5) is 4.79 Å². The Hall–Kier alpha value is -2.09. The van der Waals surface area contributed by atoms with Crippen molar-refractivity contribution in [3.05, 3.63) is 18.2 Å². The molecule has 1 aromatic rings. The van der Waals surface area contributed by atoms with Crippen LogP contribution in [0.1, 0.15) is 5.69 Å². The van der Waals surface area contributed by atoms with Gasteiger partial charge in [-0.1, -0.05) is 0 Å². The van der Waals surface area contributed by atoms with Crippen LogP contribution < -0.4 is 5.32 Å². The highest BCUT2D eigenvalue weighted by atomic mass is 16.4. The standard InChI is InChI=1S/C12H19N5O3/c18-11(19)8-16-3-5-17(6-4-16)12(20)14-2-1-10-7-13-9-15-10/h7,9H,1-6,8H2,(H,13,15)(H,14,20)(H,18,19). The molecule has 0 aliphatic carbocycles. The normalized spacial score (nSPS) is 16.1. The first-order valence-electron chi connectivity index (χ1n) is 6.59. The Labute approximate surface area is 116 Å². The van der Waals surface area contributed by atoms with Gasteiger partial charge in [0.1, 0.15) is 0 Å². The maximum atomic E-state index is 11.9. The summed E-state index contributed by atoms with van der Waals surface area (Å²) in [5, 5.41) is 11.6. The van der Waals surface area contributed by atoms with Crippen molar-refractivity contribution in [2.45, 2.75) is 6.42 Å². The third-order valence-electron chi connectivity index (χ3n) is 3.24. The van der Waals surface area contributed by atoms with Crippen molar-refractivity contribution in [1.82, 2.24) is 25.1 Å². The van der Waals surface area contributed by atoms with Crippen molar-refractivity contribution in [3.63, 3.8) is 0 Å². The summed E-state index contributed by atoms with van der Waals surface area (Å²) in [7, 11) is 0. The number of amides is 2. The van der Waals surface area contributed by atoms with E-state index in [2.05, 4.69) is 15.3 Å². The van der Waals surface area contributed by atoms with Crippen LogP contribution in [0.2, 0.25) is 0 Å². The first kappa shape index (κ1) is 14.3. The lowest BCUT2D eigenvalue weighted by atomic mass is 10.3. The fourth-order valence-electron chi connectivity index (χ4n) is 2.14. The maximum absolute atomic E-state index is 11.9. The molecule has 110 valence electrons. The zero-order chi connectivity index (χ0) is 14.4. The Morgan fingerprint density at radius 1 is 1.35 bits per heavy atom. The largest absolute Gasteiger partial charge is 0.480 e. The molecule has 8 heteroatoms. The summed E-state index contributed by atoms with van der Waals surface area (Å²) >= 11 is 0. The molecular formula is C12H19N5O3. The quantitative estimate of drug-likeness (QED) is 0.666. The van der Waals surface area contributed by atoms with Crippen LogP contribution in [-0.2, 0) is 11.2 Å². The first-order valence-corrected chi connectivity index (χ1v) is 6.59. The van der Waals surface area contributed by atoms with Gasteiger partial charge in [-0.05, 0) is 0 Å². The van der Waals surface area contributed by atoms with Gasteiger partial charge >= 0.3 is 12.0 Å². The van der Waals surface area contributed by atoms with E-state index in [9.17, 15) is 9.59 Å². The molecular weight excluding hydrogens is 262 g/mol. The van der Waals surface area contributed by atoms with E-state index in [4.69, 9.17) is 5.11 Å². The average Bonchev–Trinajstić information content (AvgIpc) is 2.92. The molecule has 2 heterocycles. The van der Waals surface area contributed by atoms with Gasteiger partial charge in [0, 0.05) is 51.0 Å². The monoisotopic (exact) mass is 281 g/mol. The highest BCUT2D eigenvalue weighted by Gasteiger charge is 2.21. The van der Waals surface area contributed by atoms with Crippen LogP contribution in [0.3, 0.4) is 0 Å². The van der Waals surface area contributed by atoms with Crippen LogP contribution in [0.5, 0.6) is 0 Å².